The summed E-state index contributed by atoms with van der Waals surface area (Å²) < 4.78 is 11.8. The number of anilines is 1. The Morgan fingerprint density at radius 1 is 1.00 bits per heavy atom. The van der Waals surface area contributed by atoms with E-state index in [2.05, 4.69) is 5.32 Å². The lowest BCUT2D eigenvalue weighted by molar-refractivity contribution is -0.140. The SMILES string of the molecule is COc1cc(-c2sc(Cl)cc2NC(=O)O[C@H](C)c2ccccc2Cl)ccc1-c1ccc(C2(C(=O)O)CC2)cc1. The van der Waals surface area contributed by atoms with Gasteiger partial charge in [0, 0.05) is 16.1 Å². The summed E-state index contributed by atoms with van der Waals surface area (Å²) in [5, 5.41) is 12.9. The molecule has 9 heteroatoms. The summed E-state index contributed by atoms with van der Waals surface area (Å²) in [4.78, 5) is 25.2. The van der Waals surface area contributed by atoms with E-state index < -0.39 is 23.6 Å². The summed E-state index contributed by atoms with van der Waals surface area (Å²) in [5.41, 5.74) is 3.86. The van der Waals surface area contributed by atoms with Gasteiger partial charge in [-0.2, -0.15) is 0 Å². The van der Waals surface area contributed by atoms with E-state index >= 15 is 0 Å². The van der Waals surface area contributed by atoms with Crippen molar-refractivity contribution in [1.82, 2.24) is 0 Å². The molecule has 1 aliphatic carbocycles. The van der Waals surface area contributed by atoms with Crippen molar-refractivity contribution < 1.29 is 24.2 Å². The van der Waals surface area contributed by atoms with Gasteiger partial charge in [0.2, 0.25) is 0 Å². The Hall–Kier alpha value is -3.52. The maximum Gasteiger partial charge on any atom is 0.412 e. The van der Waals surface area contributed by atoms with Crippen LogP contribution in [0.3, 0.4) is 0 Å². The molecule has 5 rings (SSSR count). The summed E-state index contributed by atoms with van der Waals surface area (Å²) in [6, 6.07) is 22.2. The van der Waals surface area contributed by atoms with Gasteiger partial charge in [-0.1, -0.05) is 77.8 Å². The highest BCUT2D eigenvalue weighted by Gasteiger charge is 2.51. The number of aliphatic carboxylic acids is 1. The van der Waals surface area contributed by atoms with Crippen LogP contribution in [0.2, 0.25) is 9.36 Å². The van der Waals surface area contributed by atoms with Crippen molar-refractivity contribution in [2.75, 3.05) is 12.4 Å². The van der Waals surface area contributed by atoms with Crippen molar-refractivity contribution in [3.63, 3.8) is 0 Å². The first-order chi connectivity index (χ1) is 18.7. The van der Waals surface area contributed by atoms with Gasteiger partial charge in [0.25, 0.3) is 0 Å². The molecular formula is C30H25Cl2NO5S. The molecule has 39 heavy (non-hydrogen) atoms. The van der Waals surface area contributed by atoms with Gasteiger partial charge in [-0.05, 0) is 54.7 Å². The van der Waals surface area contributed by atoms with E-state index in [1.807, 2.05) is 60.7 Å². The smallest absolute Gasteiger partial charge is 0.412 e. The molecule has 1 saturated carbocycles. The van der Waals surface area contributed by atoms with Crippen molar-refractivity contribution in [2.24, 2.45) is 0 Å². The predicted molar refractivity (Wildman–Crippen MR) is 155 cm³/mol. The zero-order valence-electron chi connectivity index (χ0n) is 21.2. The number of carbonyl (C=O) groups excluding carboxylic acids is 1. The van der Waals surface area contributed by atoms with Crippen LogP contribution in [0, 0.1) is 0 Å². The minimum atomic E-state index is -0.779. The average molecular weight is 583 g/mol. The Kier molecular flexibility index (Phi) is 7.58. The van der Waals surface area contributed by atoms with Crippen LogP contribution in [0.4, 0.5) is 10.5 Å². The number of benzene rings is 3. The number of methoxy groups -OCH3 is 1. The topological polar surface area (TPSA) is 84.9 Å². The molecule has 0 aliphatic heterocycles. The van der Waals surface area contributed by atoms with E-state index in [0.29, 0.717) is 39.2 Å². The lowest BCUT2D eigenvalue weighted by Crippen LogP contribution is -2.19. The van der Waals surface area contributed by atoms with Gasteiger partial charge in [0.1, 0.15) is 11.9 Å². The molecule has 200 valence electrons. The second-order valence-corrected chi connectivity index (χ2v) is 11.5. The number of carbonyl (C=O) groups is 2. The van der Waals surface area contributed by atoms with Crippen molar-refractivity contribution in [3.05, 3.63) is 93.3 Å². The molecule has 0 spiro atoms. The standard InChI is InChI=1S/C30H25Cl2NO5S/c1-17(21-5-3-4-6-23(21)31)38-29(36)33-24-16-26(32)39-27(24)19-9-12-22(25(15-19)37-2)18-7-10-20(11-8-18)30(13-14-30)28(34)35/h3-12,15-17H,13-14H2,1-2H3,(H,33,36)(H,34,35)/t17-/m1/s1. The fourth-order valence-corrected chi connectivity index (χ4v) is 6.09. The molecule has 3 aromatic carbocycles. The highest BCUT2D eigenvalue weighted by Crippen LogP contribution is 2.49. The number of amides is 1. The second kappa shape index (κ2) is 10.9. The average Bonchev–Trinajstić information content (AvgIpc) is 3.66. The second-order valence-electron chi connectivity index (χ2n) is 9.37. The zero-order chi connectivity index (χ0) is 27.7. The monoisotopic (exact) mass is 581 g/mol. The maximum absolute atomic E-state index is 12.7. The van der Waals surface area contributed by atoms with E-state index in [-0.39, 0.29) is 0 Å². The van der Waals surface area contributed by atoms with Crippen LogP contribution in [0.1, 0.15) is 37.0 Å². The van der Waals surface area contributed by atoms with E-state index in [0.717, 1.165) is 27.1 Å². The molecular weight excluding hydrogens is 557 g/mol. The Labute approximate surface area is 240 Å². The Balaban J connectivity index is 1.37. The van der Waals surface area contributed by atoms with E-state index in [9.17, 15) is 14.7 Å². The van der Waals surface area contributed by atoms with Crippen molar-refractivity contribution in [1.29, 1.82) is 0 Å². The molecule has 1 amide bonds. The summed E-state index contributed by atoms with van der Waals surface area (Å²) in [6.45, 7) is 1.75. The van der Waals surface area contributed by atoms with Crippen LogP contribution in [0.5, 0.6) is 5.75 Å². The molecule has 0 saturated heterocycles. The van der Waals surface area contributed by atoms with E-state index in [4.69, 9.17) is 32.7 Å². The number of ether oxygens (including phenoxy) is 2. The van der Waals surface area contributed by atoms with E-state index in [1.54, 1.807) is 26.2 Å². The fraction of sp³-hybridized carbons (Fsp3) is 0.200. The normalized spacial score (nSPS) is 14.4. The Bertz CT molecular complexity index is 1550. The minimum absolute atomic E-state index is 0.505. The minimum Gasteiger partial charge on any atom is -0.496 e. The van der Waals surface area contributed by atoms with Gasteiger partial charge >= 0.3 is 12.1 Å². The maximum atomic E-state index is 12.7. The van der Waals surface area contributed by atoms with Gasteiger partial charge in [0.05, 0.1) is 27.4 Å². The van der Waals surface area contributed by atoms with Gasteiger partial charge in [-0.15, -0.1) is 11.3 Å². The molecule has 4 aromatic rings. The fourth-order valence-electron chi connectivity index (χ4n) is 4.63. The molecule has 0 unspecified atom stereocenters. The van der Waals surface area contributed by atoms with Crippen LogP contribution in [0.25, 0.3) is 21.6 Å². The quantitative estimate of drug-likeness (QED) is 0.217. The zero-order valence-corrected chi connectivity index (χ0v) is 23.5. The number of carboxylic acids is 1. The molecule has 1 aromatic heterocycles. The molecule has 0 bridgehead atoms. The first-order valence-corrected chi connectivity index (χ1v) is 13.8. The molecule has 0 radical (unpaired) electrons. The predicted octanol–water partition coefficient (Wildman–Crippen LogP) is 8.82. The number of carboxylic acid groups (broad SMARTS) is 1. The third kappa shape index (κ3) is 5.48. The van der Waals surface area contributed by atoms with Crippen LogP contribution < -0.4 is 10.1 Å². The van der Waals surface area contributed by atoms with Crippen molar-refractivity contribution >= 4 is 52.3 Å². The number of halogens is 2. The number of thiophene rings is 1. The van der Waals surface area contributed by atoms with Gasteiger partial charge in [-0.25, -0.2) is 4.79 Å². The first-order valence-electron chi connectivity index (χ1n) is 12.3. The van der Waals surface area contributed by atoms with Crippen LogP contribution >= 0.6 is 34.5 Å². The largest absolute Gasteiger partial charge is 0.496 e. The Morgan fingerprint density at radius 3 is 2.33 bits per heavy atom. The van der Waals surface area contributed by atoms with Gasteiger partial charge in [-0.3, -0.25) is 10.1 Å². The summed E-state index contributed by atoms with van der Waals surface area (Å²) in [7, 11) is 1.59. The lowest BCUT2D eigenvalue weighted by Gasteiger charge is -2.16. The molecule has 1 heterocycles. The van der Waals surface area contributed by atoms with Gasteiger partial charge in [0.15, 0.2) is 0 Å². The third-order valence-electron chi connectivity index (χ3n) is 6.94. The summed E-state index contributed by atoms with van der Waals surface area (Å²) in [5.74, 6) is -0.150. The Morgan fingerprint density at radius 2 is 1.69 bits per heavy atom. The molecule has 6 nitrogen and oxygen atoms in total. The number of rotatable bonds is 8. The molecule has 2 N–H and O–H groups in total. The lowest BCUT2D eigenvalue weighted by atomic mass is 9.93. The number of hydrogen-bond acceptors (Lipinski definition) is 5. The third-order valence-corrected chi connectivity index (χ3v) is 8.59. The highest BCUT2D eigenvalue weighted by molar-refractivity contribution is 7.20. The summed E-state index contributed by atoms with van der Waals surface area (Å²) in [6.07, 6.45) is 0.140. The summed E-state index contributed by atoms with van der Waals surface area (Å²) >= 11 is 13.9. The molecule has 1 atom stereocenters. The van der Waals surface area contributed by atoms with E-state index in [1.165, 1.54) is 11.3 Å². The number of hydrogen-bond donors (Lipinski definition) is 2. The number of nitrogens with one attached hydrogen (secondary N) is 1. The van der Waals surface area contributed by atoms with Crippen LogP contribution in [-0.4, -0.2) is 24.3 Å². The first kappa shape index (κ1) is 27.1. The van der Waals surface area contributed by atoms with Crippen molar-refractivity contribution in [2.45, 2.75) is 31.3 Å². The van der Waals surface area contributed by atoms with Gasteiger partial charge < -0.3 is 14.6 Å². The van der Waals surface area contributed by atoms with Crippen molar-refractivity contribution in [3.8, 4) is 27.3 Å². The molecule has 1 fully saturated rings. The van der Waals surface area contributed by atoms with Crippen LogP contribution in [0.15, 0.2) is 72.8 Å². The molecule has 1 aliphatic rings. The van der Waals surface area contributed by atoms with Crippen LogP contribution in [-0.2, 0) is 14.9 Å². The highest BCUT2D eigenvalue weighted by atomic mass is 35.5.